The molecule has 2 unspecified atom stereocenters. The molecular formula is C16H25NO3. The van der Waals surface area contributed by atoms with Crippen LogP contribution in [0.25, 0.3) is 0 Å². The van der Waals surface area contributed by atoms with Crippen molar-refractivity contribution in [3.05, 3.63) is 35.9 Å². The van der Waals surface area contributed by atoms with Crippen LogP contribution in [0.4, 0.5) is 0 Å². The van der Waals surface area contributed by atoms with Gasteiger partial charge >= 0.3 is 0 Å². The van der Waals surface area contributed by atoms with Crippen molar-refractivity contribution >= 4 is 5.91 Å². The first-order chi connectivity index (χ1) is 9.31. The van der Waals surface area contributed by atoms with E-state index in [4.69, 9.17) is 0 Å². The fourth-order valence-electron chi connectivity index (χ4n) is 2.08. The Labute approximate surface area is 120 Å². The van der Waals surface area contributed by atoms with Crippen LogP contribution in [-0.2, 0) is 11.2 Å². The van der Waals surface area contributed by atoms with Crippen LogP contribution in [0.3, 0.4) is 0 Å². The lowest BCUT2D eigenvalue weighted by atomic mass is 9.91. The molecule has 0 radical (unpaired) electrons. The number of hydrogen-bond acceptors (Lipinski definition) is 3. The Kier molecular flexibility index (Phi) is 6.17. The van der Waals surface area contributed by atoms with E-state index in [9.17, 15) is 15.0 Å². The summed E-state index contributed by atoms with van der Waals surface area (Å²) in [7, 11) is 0. The summed E-state index contributed by atoms with van der Waals surface area (Å²) >= 11 is 0. The van der Waals surface area contributed by atoms with E-state index in [0.29, 0.717) is 19.3 Å². The lowest BCUT2D eigenvalue weighted by Gasteiger charge is -2.25. The first-order valence-corrected chi connectivity index (χ1v) is 7.08. The fourth-order valence-corrected chi connectivity index (χ4v) is 2.08. The molecule has 0 aromatic heterocycles. The van der Waals surface area contributed by atoms with Crippen LogP contribution in [0.2, 0.25) is 0 Å². The average Bonchev–Trinajstić information content (AvgIpc) is 2.37. The van der Waals surface area contributed by atoms with Gasteiger partial charge in [-0.05, 0) is 38.7 Å². The number of nitrogens with one attached hydrogen (secondary N) is 1. The summed E-state index contributed by atoms with van der Waals surface area (Å²) in [5.41, 5.74) is -0.199. The topological polar surface area (TPSA) is 69.6 Å². The Morgan fingerprint density at radius 2 is 1.90 bits per heavy atom. The second kappa shape index (κ2) is 7.41. The average molecular weight is 279 g/mol. The van der Waals surface area contributed by atoms with Gasteiger partial charge in [0.15, 0.2) is 0 Å². The molecule has 1 aromatic carbocycles. The van der Waals surface area contributed by atoms with Gasteiger partial charge in [-0.1, -0.05) is 37.3 Å². The zero-order chi connectivity index (χ0) is 15.2. The predicted molar refractivity (Wildman–Crippen MR) is 79.0 cm³/mol. The van der Waals surface area contributed by atoms with Gasteiger partial charge in [-0.25, -0.2) is 0 Å². The minimum Gasteiger partial charge on any atom is -0.393 e. The van der Waals surface area contributed by atoms with Crippen molar-refractivity contribution in [3.63, 3.8) is 0 Å². The van der Waals surface area contributed by atoms with Crippen LogP contribution in [0.15, 0.2) is 30.3 Å². The van der Waals surface area contributed by atoms with Crippen molar-refractivity contribution < 1.29 is 15.0 Å². The second-order valence-electron chi connectivity index (χ2n) is 5.73. The number of aliphatic hydroxyl groups is 2. The predicted octanol–water partition coefficient (Wildman–Crippen LogP) is 1.85. The standard InChI is InChI=1S/C16H25NO3/c1-4-14(18)11-13(15(19)17-16(2,3)20)10-12-8-6-5-7-9-12/h5-9,13-14,18,20H,4,10-11H2,1-3H3,(H,17,19). The quantitative estimate of drug-likeness (QED) is 0.667. The van der Waals surface area contributed by atoms with Gasteiger partial charge in [0.2, 0.25) is 5.91 Å². The lowest BCUT2D eigenvalue weighted by Crippen LogP contribution is -2.47. The molecule has 0 aliphatic rings. The van der Waals surface area contributed by atoms with Gasteiger partial charge in [0.25, 0.3) is 0 Å². The molecule has 0 aliphatic heterocycles. The number of carbonyl (C=O) groups is 1. The smallest absolute Gasteiger partial charge is 0.225 e. The molecule has 1 amide bonds. The van der Waals surface area contributed by atoms with Crippen LogP contribution in [0.5, 0.6) is 0 Å². The summed E-state index contributed by atoms with van der Waals surface area (Å²) in [6, 6.07) is 9.70. The molecule has 0 fully saturated rings. The van der Waals surface area contributed by atoms with Gasteiger partial charge in [0.1, 0.15) is 5.72 Å². The summed E-state index contributed by atoms with van der Waals surface area (Å²) < 4.78 is 0. The SMILES string of the molecule is CCC(O)CC(Cc1ccccc1)C(=O)NC(C)(C)O. The van der Waals surface area contributed by atoms with Crippen molar-refractivity contribution in [1.29, 1.82) is 0 Å². The molecule has 2 atom stereocenters. The van der Waals surface area contributed by atoms with E-state index < -0.39 is 11.8 Å². The van der Waals surface area contributed by atoms with Gasteiger partial charge in [-0.3, -0.25) is 4.79 Å². The molecule has 1 rings (SSSR count). The minimum atomic E-state index is -1.25. The molecule has 3 N–H and O–H groups in total. The van der Waals surface area contributed by atoms with Crippen LogP contribution in [-0.4, -0.2) is 27.9 Å². The lowest BCUT2D eigenvalue weighted by molar-refractivity contribution is -0.132. The van der Waals surface area contributed by atoms with Crippen molar-refractivity contribution in [3.8, 4) is 0 Å². The third-order valence-electron chi connectivity index (χ3n) is 3.15. The first kappa shape index (κ1) is 16.7. The molecule has 0 saturated heterocycles. The molecular weight excluding hydrogens is 254 g/mol. The number of aliphatic hydroxyl groups excluding tert-OH is 1. The highest BCUT2D eigenvalue weighted by molar-refractivity contribution is 5.79. The Bertz CT molecular complexity index is 411. The molecule has 0 spiro atoms. The van der Waals surface area contributed by atoms with Crippen LogP contribution < -0.4 is 5.32 Å². The van der Waals surface area contributed by atoms with Crippen molar-refractivity contribution in [2.24, 2.45) is 5.92 Å². The largest absolute Gasteiger partial charge is 0.393 e. The molecule has 0 bridgehead atoms. The summed E-state index contributed by atoms with van der Waals surface area (Å²) in [6.45, 7) is 4.94. The first-order valence-electron chi connectivity index (χ1n) is 7.08. The molecule has 0 heterocycles. The zero-order valence-electron chi connectivity index (χ0n) is 12.5. The molecule has 20 heavy (non-hydrogen) atoms. The van der Waals surface area contributed by atoms with Crippen molar-refractivity contribution in [2.45, 2.75) is 51.9 Å². The monoisotopic (exact) mass is 279 g/mol. The zero-order valence-corrected chi connectivity index (χ0v) is 12.5. The van der Waals surface area contributed by atoms with Crippen LogP contribution in [0, 0.1) is 5.92 Å². The maximum Gasteiger partial charge on any atom is 0.225 e. The summed E-state index contributed by atoms with van der Waals surface area (Å²) in [6.07, 6.45) is 1.06. The number of benzene rings is 1. The molecule has 1 aromatic rings. The van der Waals surface area contributed by atoms with Gasteiger partial charge in [-0.2, -0.15) is 0 Å². The van der Waals surface area contributed by atoms with Gasteiger partial charge < -0.3 is 15.5 Å². The van der Waals surface area contributed by atoms with Crippen LogP contribution >= 0.6 is 0 Å². The number of amides is 1. The third kappa shape index (κ3) is 6.17. The highest BCUT2D eigenvalue weighted by atomic mass is 16.3. The van der Waals surface area contributed by atoms with E-state index in [1.165, 1.54) is 13.8 Å². The maximum absolute atomic E-state index is 12.2. The van der Waals surface area contributed by atoms with E-state index in [1.807, 2.05) is 37.3 Å². The highest BCUT2D eigenvalue weighted by Crippen LogP contribution is 2.17. The Morgan fingerprint density at radius 3 is 2.40 bits per heavy atom. The van der Waals surface area contributed by atoms with E-state index in [-0.39, 0.29) is 11.8 Å². The normalized spacial score (nSPS) is 14.7. The van der Waals surface area contributed by atoms with E-state index in [0.717, 1.165) is 5.56 Å². The number of hydrogen-bond donors (Lipinski definition) is 3. The second-order valence-corrected chi connectivity index (χ2v) is 5.73. The number of carbonyl (C=O) groups excluding carboxylic acids is 1. The van der Waals surface area contributed by atoms with Crippen molar-refractivity contribution in [2.75, 3.05) is 0 Å². The van der Waals surface area contributed by atoms with E-state index in [2.05, 4.69) is 5.32 Å². The third-order valence-corrected chi connectivity index (χ3v) is 3.15. The van der Waals surface area contributed by atoms with Gasteiger partial charge in [0, 0.05) is 5.92 Å². The Balaban J connectivity index is 2.77. The summed E-state index contributed by atoms with van der Waals surface area (Å²) in [5.74, 6) is -0.576. The highest BCUT2D eigenvalue weighted by Gasteiger charge is 2.25. The molecule has 4 nitrogen and oxygen atoms in total. The van der Waals surface area contributed by atoms with Gasteiger partial charge in [0.05, 0.1) is 6.10 Å². The number of rotatable bonds is 7. The summed E-state index contributed by atoms with van der Waals surface area (Å²) in [5, 5.41) is 22.1. The molecule has 4 heteroatoms. The van der Waals surface area contributed by atoms with Crippen LogP contribution in [0.1, 0.15) is 39.2 Å². The Hall–Kier alpha value is -1.39. The maximum atomic E-state index is 12.2. The molecule has 0 aliphatic carbocycles. The van der Waals surface area contributed by atoms with Gasteiger partial charge in [-0.15, -0.1) is 0 Å². The molecule has 112 valence electrons. The van der Waals surface area contributed by atoms with E-state index in [1.54, 1.807) is 0 Å². The molecule has 0 saturated carbocycles. The van der Waals surface area contributed by atoms with Crippen molar-refractivity contribution in [1.82, 2.24) is 5.32 Å². The summed E-state index contributed by atoms with van der Waals surface area (Å²) in [4.78, 5) is 12.2. The minimum absolute atomic E-state index is 0.228. The van der Waals surface area contributed by atoms with E-state index >= 15 is 0 Å². The Morgan fingerprint density at radius 1 is 1.30 bits per heavy atom. The fraction of sp³-hybridized carbons (Fsp3) is 0.562.